The molecule has 77 heavy (non-hydrogen) atoms. The molecule has 3 unspecified atom stereocenters. The lowest BCUT2D eigenvalue weighted by Gasteiger charge is -2.72. The zero-order valence-electron chi connectivity index (χ0n) is 45.5. The number of rotatable bonds is 12. The van der Waals surface area contributed by atoms with Gasteiger partial charge in [-0.3, -0.25) is 0 Å². The van der Waals surface area contributed by atoms with Gasteiger partial charge in [-0.1, -0.05) is 60.1 Å². The van der Waals surface area contributed by atoms with Crippen molar-refractivity contribution in [2.24, 2.45) is 50.2 Å². The minimum Gasteiger partial charge on any atom is -0.394 e. The number of fused-ring (bicyclic) bond motifs is 7. The number of allylic oxidation sites excluding steroid dienone is 2. The van der Waals surface area contributed by atoms with Crippen LogP contribution in [-0.4, -0.2) is 244 Å². The van der Waals surface area contributed by atoms with E-state index in [4.69, 9.17) is 37.9 Å². The summed E-state index contributed by atoms with van der Waals surface area (Å²) in [6.07, 6.45) is -25.9. The van der Waals surface area contributed by atoms with Crippen LogP contribution in [0.2, 0.25) is 0 Å². The molecule has 5 aliphatic carbocycles. The third-order valence-electron chi connectivity index (χ3n) is 21.7. The van der Waals surface area contributed by atoms with Crippen LogP contribution in [0, 0.1) is 50.2 Å². The van der Waals surface area contributed by atoms with Crippen molar-refractivity contribution in [1.82, 2.24) is 0 Å². The second-order valence-corrected chi connectivity index (χ2v) is 26.5. The Morgan fingerprint density at radius 3 is 1.73 bits per heavy atom. The van der Waals surface area contributed by atoms with Crippen LogP contribution in [0.15, 0.2) is 11.6 Å². The van der Waals surface area contributed by atoms with Crippen LogP contribution in [0.3, 0.4) is 0 Å². The quantitative estimate of drug-likeness (QED) is 0.0704. The van der Waals surface area contributed by atoms with Crippen LogP contribution in [0.25, 0.3) is 0 Å². The van der Waals surface area contributed by atoms with E-state index in [9.17, 15) is 76.6 Å². The lowest BCUT2D eigenvalue weighted by atomic mass is 9.33. The maximum atomic E-state index is 12.5. The Morgan fingerprint density at radius 1 is 0.532 bits per heavy atom. The van der Waals surface area contributed by atoms with E-state index in [2.05, 4.69) is 40.7 Å². The van der Waals surface area contributed by atoms with Gasteiger partial charge in [0.25, 0.3) is 0 Å². The van der Waals surface area contributed by atoms with Crippen LogP contribution in [0.1, 0.15) is 107 Å². The molecule has 0 aromatic heterocycles. The van der Waals surface area contributed by atoms with Gasteiger partial charge in [-0.05, 0) is 103 Å². The fourth-order valence-corrected chi connectivity index (χ4v) is 16.6. The summed E-state index contributed by atoms with van der Waals surface area (Å²) in [4.78, 5) is 0. The summed E-state index contributed by atoms with van der Waals surface area (Å²) in [6, 6.07) is 0. The first-order valence-corrected chi connectivity index (χ1v) is 27.9. The third-order valence-corrected chi connectivity index (χ3v) is 21.7. The van der Waals surface area contributed by atoms with Gasteiger partial charge < -0.3 is 114 Å². The number of aliphatic hydroxyl groups excluding tert-OH is 15. The van der Waals surface area contributed by atoms with E-state index in [1.54, 1.807) is 0 Å². The monoisotopic (exact) mass is 1110 g/mol. The second kappa shape index (κ2) is 21.8. The highest BCUT2D eigenvalue weighted by molar-refractivity contribution is 5.35. The Kier molecular flexibility index (Phi) is 17.1. The minimum absolute atomic E-state index is 0.118. The van der Waals surface area contributed by atoms with Gasteiger partial charge >= 0.3 is 0 Å². The van der Waals surface area contributed by atoms with Gasteiger partial charge in [-0.2, -0.15) is 0 Å². The number of hydrogen-bond donors (Lipinski definition) is 15. The van der Waals surface area contributed by atoms with E-state index in [0.29, 0.717) is 25.7 Å². The molecule has 23 nitrogen and oxygen atoms in total. The molecule has 0 spiro atoms. The number of aliphatic hydroxyl groups is 15. The lowest BCUT2D eigenvalue weighted by molar-refractivity contribution is -0.369. The van der Waals surface area contributed by atoms with Gasteiger partial charge in [0.15, 0.2) is 25.2 Å². The first-order valence-electron chi connectivity index (χ1n) is 27.9. The molecule has 0 aromatic rings. The van der Waals surface area contributed by atoms with Crippen molar-refractivity contribution in [1.29, 1.82) is 0 Å². The molecule has 15 N–H and O–H groups in total. The van der Waals surface area contributed by atoms with Gasteiger partial charge in [0.1, 0.15) is 91.6 Å². The average Bonchev–Trinajstić information content (AvgIpc) is 3.58. The molecule has 4 saturated heterocycles. The zero-order valence-corrected chi connectivity index (χ0v) is 45.5. The summed E-state index contributed by atoms with van der Waals surface area (Å²) in [5.74, 6) is -0.00555. The Hall–Kier alpha value is -1.18. The first-order chi connectivity index (χ1) is 35.9. The van der Waals surface area contributed by atoms with Gasteiger partial charge in [-0.15, -0.1) is 0 Å². The SMILES string of the molecule is C[C@@H]1O[C@H](O[C@H]2[C@H](OC[C@@]34CC[C@]5(C)C(=CCC6[C@@]7(C)CC[C@H](O[C@@H]8O[C@H](CO[C@@H]9O[C@H](CO)[C@@H](O)[C@H](O)[C@H]9O)[C@@H](O)[C@H](O)[C@H]8O)C(C)(C)C7CC[C@]65C)C3CC(C)(C)[C@@H](O)[C@@H]4O)O[C@H](CO)[C@@H](O)[C@@H]2O)[C@H](O)[C@H](O)[C@H]1O. The molecule has 4 heterocycles. The summed E-state index contributed by atoms with van der Waals surface area (Å²) in [5, 5.41) is 163. The number of ether oxygens (including phenoxy) is 8. The summed E-state index contributed by atoms with van der Waals surface area (Å²) >= 11 is 0. The molecular weight excluding hydrogens is 1020 g/mol. The van der Waals surface area contributed by atoms with E-state index in [-0.39, 0.29) is 40.6 Å². The van der Waals surface area contributed by atoms with E-state index in [0.717, 1.165) is 25.7 Å². The van der Waals surface area contributed by atoms with Gasteiger partial charge in [0, 0.05) is 5.41 Å². The second-order valence-electron chi connectivity index (χ2n) is 26.5. The molecule has 23 heteroatoms. The van der Waals surface area contributed by atoms with Gasteiger partial charge in [-0.25, -0.2) is 0 Å². The van der Waals surface area contributed by atoms with Crippen LogP contribution in [-0.2, 0) is 37.9 Å². The molecule has 444 valence electrons. The van der Waals surface area contributed by atoms with Crippen LogP contribution < -0.4 is 0 Å². The van der Waals surface area contributed by atoms with Crippen molar-refractivity contribution in [2.45, 2.75) is 248 Å². The summed E-state index contributed by atoms with van der Waals surface area (Å²) in [7, 11) is 0. The molecule has 4 aliphatic heterocycles. The first kappa shape index (κ1) is 60.4. The van der Waals surface area contributed by atoms with Gasteiger partial charge in [0.05, 0.1) is 50.8 Å². The van der Waals surface area contributed by atoms with E-state index >= 15 is 0 Å². The van der Waals surface area contributed by atoms with Crippen molar-refractivity contribution < 1.29 is 114 Å². The molecule has 30 atom stereocenters. The Morgan fingerprint density at radius 2 is 1.09 bits per heavy atom. The maximum absolute atomic E-state index is 12.5. The van der Waals surface area contributed by atoms with Gasteiger partial charge in [0.2, 0.25) is 0 Å². The summed E-state index contributed by atoms with van der Waals surface area (Å²) in [5.41, 5.74) is -2.00. The highest BCUT2D eigenvalue weighted by Crippen LogP contribution is 2.76. The molecule has 8 fully saturated rings. The van der Waals surface area contributed by atoms with Crippen molar-refractivity contribution in [3.63, 3.8) is 0 Å². The molecule has 9 aliphatic rings. The summed E-state index contributed by atoms with van der Waals surface area (Å²) in [6.45, 7) is 14.7. The Balaban J connectivity index is 0.938. The third kappa shape index (κ3) is 9.74. The standard InChI is InChI=1S/C54H90O23/c1-22-31(57)35(61)40(66)46(72-22)77-42-38(64)33(59)26(19-56)74-48(42)71-21-54-16-15-52(7)23(24(54)17-49(2,3)43(68)44(54)69)9-10-29-51(6)13-12-30(50(4,5)28(51)11-14-53(29,52)8)76-47-41(67)37(63)34(60)27(75-47)20-70-45-39(65)36(62)32(58)25(18-55)73-45/h9,22,24-48,55-69H,10-21H2,1-8H3/t22-,24?,25+,26+,27+,28?,29?,30-,31-,32+,33+,34+,35+,36-,37-,38-,39+,40+,41+,42+,43-,44-,45+,46+,47-,48+,51-,52+,53+,54-/m0/s1. The highest BCUT2D eigenvalue weighted by atomic mass is 16.8. The molecule has 9 rings (SSSR count). The molecule has 0 aromatic carbocycles. The van der Waals surface area contributed by atoms with E-state index < -0.39 is 177 Å². The predicted molar refractivity (Wildman–Crippen MR) is 264 cm³/mol. The highest BCUT2D eigenvalue weighted by Gasteiger charge is 2.71. The Bertz CT molecular complexity index is 2080. The smallest absolute Gasteiger partial charge is 0.187 e. The topological polar surface area (TPSA) is 377 Å². The zero-order chi connectivity index (χ0) is 56.4. The number of hydrogen-bond acceptors (Lipinski definition) is 23. The fourth-order valence-electron chi connectivity index (χ4n) is 16.6. The molecule has 0 bridgehead atoms. The van der Waals surface area contributed by atoms with Crippen molar-refractivity contribution in [2.75, 3.05) is 26.4 Å². The van der Waals surface area contributed by atoms with E-state index in [1.165, 1.54) is 12.5 Å². The molecule has 4 saturated carbocycles. The lowest BCUT2D eigenvalue weighted by Crippen LogP contribution is -2.69. The van der Waals surface area contributed by atoms with Crippen LogP contribution in [0.5, 0.6) is 0 Å². The van der Waals surface area contributed by atoms with E-state index in [1.807, 2.05) is 13.8 Å². The van der Waals surface area contributed by atoms with Crippen LogP contribution >= 0.6 is 0 Å². The molecule has 0 amide bonds. The molecule has 0 radical (unpaired) electrons. The predicted octanol–water partition coefficient (Wildman–Crippen LogP) is -2.59. The normalized spacial score (nSPS) is 55.5. The maximum Gasteiger partial charge on any atom is 0.187 e. The minimum atomic E-state index is -1.76. The van der Waals surface area contributed by atoms with Crippen LogP contribution in [0.4, 0.5) is 0 Å². The van der Waals surface area contributed by atoms with Crippen molar-refractivity contribution in [3.05, 3.63) is 11.6 Å². The molecular formula is C54H90O23. The Labute approximate surface area is 449 Å². The van der Waals surface area contributed by atoms with Crippen molar-refractivity contribution in [3.8, 4) is 0 Å². The average molecular weight is 1110 g/mol. The largest absolute Gasteiger partial charge is 0.394 e. The fraction of sp³-hybridized carbons (Fsp3) is 0.963. The summed E-state index contributed by atoms with van der Waals surface area (Å²) < 4.78 is 48.3. The van der Waals surface area contributed by atoms with Crippen molar-refractivity contribution >= 4 is 0 Å².